The van der Waals surface area contributed by atoms with Crippen molar-refractivity contribution in [3.05, 3.63) is 122 Å². The highest BCUT2D eigenvalue weighted by Gasteiger charge is 2.25. The SMILES string of the molecule is CC/C=C/C/C=C/C/C=C/C/C=C/C/C=C/C/C=C/CCC(=O)OCC(COCCC(C(=O)[O-])[N+](C)(C)C)OC(=O)CCCCCCCCC/C=C/C/C=C/C/C=C/C/C=C/CC. The molecule has 354 valence electrons. The molecular weight excluding hydrogens is 787 g/mol. The van der Waals surface area contributed by atoms with E-state index in [-0.39, 0.29) is 55.5 Å². The maximum atomic E-state index is 12.8. The number of carboxylic acid groups (broad SMARTS) is 1. The van der Waals surface area contributed by atoms with Crippen molar-refractivity contribution in [3.63, 3.8) is 0 Å². The number of carbonyl (C=O) groups excluding carboxylic acids is 3. The molecule has 0 radical (unpaired) electrons. The van der Waals surface area contributed by atoms with Gasteiger partial charge in [0.1, 0.15) is 12.6 Å². The van der Waals surface area contributed by atoms with Crippen LogP contribution in [0.3, 0.4) is 0 Å². The summed E-state index contributed by atoms with van der Waals surface area (Å²) in [6.07, 6.45) is 62.4. The highest BCUT2D eigenvalue weighted by molar-refractivity contribution is 5.70. The third-order valence-electron chi connectivity index (χ3n) is 9.86. The number of rotatable bonds is 41. The number of hydrogen-bond donors (Lipinski definition) is 0. The first kappa shape index (κ1) is 58.7. The van der Waals surface area contributed by atoms with E-state index in [1.807, 2.05) is 12.2 Å². The van der Waals surface area contributed by atoms with Crippen molar-refractivity contribution in [1.29, 1.82) is 0 Å². The van der Waals surface area contributed by atoms with Crippen LogP contribution in [0.15, 0.2) is 122 Å². The minimum atomic E-state index is -1.14. The topological polar surface area (TPSA) is 102 Å². The molecule has 0 saturated heterocycles. The van der Waals surface area contributed by atoms with Gasteiger partial charge in [0, 0.05) is 19.3 Å². The van der Waals surface area contributed by atoms with E-state index in [2.05, 4.69) is 123 Å². The molecular formula is C55H87NO7. The van der Waals surface area contributed by atoms with E-state index in [9.17, 15) is 19.5 Å². The number of carbonyl (C=O) groups is 3. The first-order valence-electron chi connectivity index (χ1n) is 24.1. The van der Waals surface area contributed by atoms with Gasteiger partial charge in [-0.15, -0.1) is 0 Å². The molecule has 0 amide bonds. The molecule has 0 saturated carbocycles. The maximum absolute atomic E-state index is 12.8. The summed E-state index contributed by atoms with van der Waals surface area (Å²) in [5.41, 5.74) is 0. The van der Waals surface area contributed by atoms with Gasteiger partial charge in [-0.2, -0.15) is 0 Å². The maximum Gasteiger partial charge on any atom is 0.306 e. The van der Waals surface area contributed by atoms with Gasteiger partial charge in [0.05, 0.1) is 40.3 Å². The Balaban J connectivity index is 4.45. The van der Waals surface area contributed by atoms with E-state index >= 15 is 0 Å². The van der Waals surface area contributed by atoms with E-state index in [0.29, 0.717) is 6.42 Å². The van der Waals surface area contributed by atoms with Crippen molar-refractivity contribution < 1.29 is 38.2 Å². The summed E-state index contributed by atoms with van der Waals surface area (Å²) >= 11 is 0. The van der Waals surface area contributed by atoms with Gasteiger partial charge in [0.2, 0.25) is 0 Å². The third-order valence-corrected chi connectivity index (χ3v) is 9.86. The molecule has 0 spiro atoms. The molecule has 8 heteroatoms. The van der Waals surface area contributed by atoms with Gasteiger partial charge < -0.3 is 28.6 Å². The van der Waals surface area contributed by atoms with Crippen LogP contribution in [0, 0.1) is 0 Å². The van der Waals surface area contributed by atoms with Crippen molar-refractivity contribution >= 4 is 17.9 Å². The summed E-state index contributed by atoms with van der Waals surface area (Å²) in [5, 5.41) is 11.7. The zero-order valence-corrected chi connectivity index (χ0v) is 40.2. The molecule has 0 aromatic heterocycles. The Hall–Kier alpha value is -4.27. The summed E-state index contributed by atoms with van der Waals surface area (Å²) in [6, 6.07) is -0.747. The normalized spacial score (nSPS) is 14.0. The molecule has 2 atom stereocenters. The number of aliphatic carboxylic acids is 1. The van der Waals surface area contributed by atoms with E-state index in [1.54, 1.807) is 21.1 Å². The minimum absolute atomic E-state index is 0.00396. The molecule has 0 aliphatic carbocycles. The molecule has 8 nitrogen and oxygen atoms in total. The summed E-state index contributed by atoms with van der Waals surface area (Å²) in [7, 11) is 5.37. The Morgan fingerprint density at radius 3 is 1.30 bits per heavy atom. The van der Waals surface area contributed by atoms with Crippen molar-refractivity contribution in [2.75, 3.05) is 41.0 Å². The van der Waals surface area contributed by atoms with Crippen LogP contribution in [0.5, 0.6) is 0 Å². The van der Waals surface area contributed by atoms with Crippen LogP contribution in [-0.2, 0) is 28.6 Å². The minimum Gasteiger partial charge on any atom is -0.544 e. The summed E-state index contributed by atoms with van der Waals surface area (Å²) in [5.74, 6) is -1.87. The van der Waals surface area contributed by atoms with Gasteiger partial charge in [0.15, 0.2) is 6.10 Å². The van der Waals surface area contributed by atoms with Gasteiger partial charge in [-0.25, -0.2) is 0 Å². The van der Waals surface area contributed by atoms with Crippen LogP contribution in [-0.4, -0.2) is 75.5 Å². The van der Waals surface area contributed by atoms with Gasteiger partial charge in [-0.05, 0) is 89.9 Å². The second-order valence-electron chi connectivity index (χ2n) is 16.6. The standard InChI is InChI=1S/C55H87NO7/c1-6-8-10-12-14-16-18-20-22-24-26-28-30-32-34-36-38-40-42-44-46-54(58)63-51(49-61-48-47-52(55(59)60)56(3,4)5)50-62-53(57)45-43-41-39-37-35-33-31-29-27-25-23-21-19-17-15-13-11-9-7-2/h8-11,14-17,20-23,26-29,33,35,39,41,51-52H,6-7,12-13,18-19,24-25,30-32,34,36-38,40,42-50H2,1-5H3/b10-8+,11-9+,16-14+,17-15+,22-20+,23-21+,28-26+,29-27+,35-33+,41-39+. The summed E-state index contributed by atoms with van der Waals surface area (Å²) in [6.45, 7) is 4.32. The zero-order valence-electron chi connectivity index (χ0n) is 40.2. The molecule has 0 bridgehead atoms. The molecule has 63 heavy (non-hydrogen) atoms. The number of allylic oxidation sites excluding steroid dienone is 20. The molecule has 0 aromatic rings. The lowest BCUT2D eigenvalue weighted by molar-refractivity contribution is -0.889. The monoisotopic (exact) mass is 874 g/mol. The largest absolute Gasteiger partial charge is 0.544 e. The number of quaternary nitrogens is 1. The van der Waals surface area contributed by atoms with Crippen molar-refractivity contribution in [2.45, 2.75) is 167 Å². The highest BCUT2D eigenvalue weighted by Crippen LogP contribution is 2.12. The fourth-order valence-electron chi connectivity index (χ4n) is 6.20. The van der Waals surface area contributed by atoms with Crippen LogP contribution in [0.4, 0.5) is 0 Å². The number of esters is 2. The molecule has 0 heterocycles. The molecule has 0 fully saturated rings. The fraction of sp³-hybridized carbons (Fsp3) is 0.582. The first-order chi connectivity index (χ1) is 30.6. The molecule has 0 aromatic carbocycles. The van der Waals surface area contributed by atoms with Crippen LogP contribution in [0.2, 0.25) is 0 Å². The number of nitrogens with zero attached hydrogens (tertiary/aromatic N) is 1. The van der Waals surface area contributed by atoms with Crippen LogP contribution in [0.1, 0.15) is 155 Å². The van der Waals surface area contributed by atoms with Gasteiger partial charge in [0.25, 0.3) is 0 Å². The second-order valence-corrected chi connectivity index (χ2v) is 16.6. The predicted molar refractivity (Wildman–Crippen MR) is 263 cm³/mol. The Labute approximate surface area is 384 Å². The summed E-state index contributed by atoms with van der Waals surface area (Å²) < 4.78 is 17.1. The van der Waals surface area contributed by atoms with E-state index in [0.717, 1.165) is 96.3 Å². The molecule has 0 rings (SSSR count). The van der Waals surface area contributed by atoms with Gasteiger partial charge >= 0.3 is 11.9 Å². The Bertz CT molecular complexity index is 1440. The van der Waals surface area contributed by atoms with Gasteiger partial charge in [-0.3, -0.25) is 9.59 Å². The average Bonchev–Trinajstić information content (AvgIpc) is 3.24. The molecule has 2 unspecified atom stereocenters. The second kappa shape index (κ2) is 44.3. The number of ether oxygens (including phenoxy) is 3. The highest BCUT2D eigenvalue weighted by atomic mass is 16.6. The first-order valence-corrected chi connectivity index (χ1v) is 24.1. The Morgan fingerprint density at radius 1 is 0.476 bits per heavy atom. The van der Waals surface area contributed by atoms with Crippen molar-refractivity contribution in [2.24, 2.45) is 0 Å². The number of hydrogen-bond acceptors (Lipinski definition) is 7. The van der Waals surface area contributed by atoms with Crippen LogP contribution >= 0.6 is 0 Å². The quantitative estimate of drug-likeness (QED) is 0.0261. The smallest absolute Gasteiger partial charge is 0.306 e. The van der Waals surface area contributed by atoms with Crippen molar-refractivity contribution in [3.8, 4) is 0 Å². The molecule has 0 aliphatic heterocycles. The number of unbranched alkanes of at least 4 members (excludes halogenated alkanes) is 7. The average molecular weight is 874 g/mol. The zero-order chi connectivity index (χ0) is 46.3. The van der Waals surface area contributed by atoms with E-state index in [4.69, 9.17) is 14.2 Å². The fourth-order valence-corrected chi connectivity index (χ4v) is 6.20. The lowest BCUT2D eigenvalue weighted by atomic mass is 10.1. The number of carboxylic acids is 1. The van der Waals surface area contributed by atoms with Crippen LogP contribution in [0.25, 0.3) is 0 Å². The third kappa shape index (κ3) is 42.8. The number of likely N-dealkylation sites (N-methyl/N-ethyl adjacent to an activating group) is 1. The van der Waals surface area contributed by atoms with Gasteiger partial charge in [-0.1, -0.05) is 167 Å². The molecule has 0 aliphatic rings. The lowest BCUT2D eigenvalue weighted by Crippen LogP contribution is -2.55. The Kier molecular flexibility index (Phi) is 41.3. The van der Waals surface area contributed by atoms with Crippen LogP contribution < -0.4 is 5.11 Å². The lowest BCUT2D eigenvalue weighted by Gasteiger charge is -2.34. The Morgan fingerprint density at radius 2 is 0.873 bits per heavy atom. The van der Waals surface area contributed by atoms with Crippen molar-refractivity contribution in [1.82, 2.24) is 0 Å². The molecule has 0 N–H and O–H groups in total. The predicted octanol–water partition coefficient (Wildman–Crippen LogP) is 12.5. The van der Waals surface area contributed by atoms with E-state index < -0.39 is 18.1 Å². The van der Waals surface area contributed by atoms with E-state index in [1.165, 1.54) is 19.3 Å². The summed E-state index contributed by atoms with van der Waals surface area (Å²) in [4.78, 5) is 37.0.